The molecule has 26 heavy (non-hydrogen) atoms. The molecule has 1 aromatic heterocycles. The molecule has 2 atom stereocenters. The van der Waals surface area contributed by atoms with Crippen LogP contribution in [0, 0.1) is 11.8 Å². The number of para-hydroxylation sites is 1. The topological polar surface area (TPSA) is 71.8 Å². The van der Waals surface area contributed by atoms with E-state index in [2.05, 4.69) is 27.2 Å². The van der Waals surface area contributed by atoms with Gasteiger partial charge in [-0.25, -0.2) is 4.68 Å². The molecule has 2 unspecified atom stereocenters. The molecule has 138 valence electrons. The van der Waals surface area contributed by atoms with Crippen molar-refractivity contribution in [1.29, 1.82) is 0 Å². The van der Waals surface area contributed by atoms with Gasteiger partial charge in [-0.1, -0.05) is 25.1 Å². The summed E-state index contributed by atoms with van der Waals surface area (Å²) < 4.78 is 6.75. The number of rotatable bonds is 4. The number of ether oxygens (including phenoxy) is 1. The van der Waals surface area contributed by atoms with Crippen molar-refractivity contribution in [3.8, 4) is 5.69 Å². The van der Waals surface area contributed by atoms with Gasteiger partial charge in [0.2, 0.25) is 0 Å². The molecule has 0 aliphatic carbocycles. The van der Waals surface area contributed by atoms with E-state index in [0.717, 1.165) is 23.9 Å². The molecule has 1 aliphatic heterocycles. The van der Waals surface area contributed by atoms with Gasteiger partial charge in [-0.15, -0.1) is 0 Å². The molecule has 2 aromatic rings. The molecule has 1 fully saturated rings. The molecule has 0 bridgehead atoms. The molecule has 1 saturated heterocycles. The van der Waals surface area contributed by atoms with E-state index in [1.807, 2.05) is 47.3 Å². The minimum Gasteiger partial charge on any atom is -0.469 e. The average Bonchev–Trinajstić information content (AvgIpc) is 3.29. The Balaban J connectivity index is 1.60. The summed E-state index contributed by atoms with van der Waals surface area (Å²) in [5.74, 6) is 0.740. The van der Waals surface area contributed by atoms with Crippen LogP contribution in [0.4, 0.5) is 0 Å². The molecule has 7 heteroatoms. The maximum atomic E-state index is 11.9. The number of aliphatic imine (C=N–C) groups is 1. The maximum Gasteiger partial charge on any atom is 0.310 e. The second-order valence-electron chi connectivity index (χ2n) is 6.50. The summed E-state index contributed by atoms with van der Waals surface area (Å²) in [5.41, 5.74) is 1.95. The molecular weight excluding hydrogens is 330 g/mol. The average molecular weight is 355 g/mol. The van der Waals surface area contributed by atoms with Crippen molar-refractivity contribution in [2.24, 2.45) is 16.8 Å². The Morgan fingerprint density at radius 1 is 1.31 bits per heavy atom. The molecule has 0 radical (unpaired) electrons. The number of nitrogens with one attached hydrogen (secondary N) is 1. The Kier molecular flexibility index (Phi) is 5.55. The van der Waals surface area contributed by atoms with Gasteiger partial charge in [0.25, 0.3) is 0 Å². The Hall–Kier alpha value is -2.83. The number of hydrogen-bond acceptors (Lipinski definition) is 4. The zero-order valence-electron chi connectivity index (χ0n) is 15.4. The van der Waals surface area contributed by atoms with E-state index >= 15 is 0 Å². The first-order chi connectivity index (χ1) is 12.6. The van der Waals surface area contributed by atoms with E-state index in [1.54, 1.807) is 7.05 Å². The van der Waals surface area contributed by atoms with E-state index in [9.17, 15) is 4.79 Å². The Morgan fingerprint density at radius 2 is 2.08 bits per heavy atom. The lowest BCUT2D eigenvalue weighted by molar-refractivity contribution is -0.145. The van der Waals surface area contributed by atoms with Crippen molar-refractivity contribution in [2.75, 3.05) is 27.2 Å². The SMILES string of the molecule is CN=C(NCc1ccn(-c2ccccc2)n1)N1CC(C)C(C(=O)OC)C1. The highest BCUT2D eigenvalue weighted by Gasteiger charge is 2.36. The third-order valence-corrected chi connectivity index (χ3v) is 4.72. The molecule has 7 nitrogen and oxygen atoms in total. The molecular formula is C19H25N5O2. The minimum absolute atomic E-state index is 0.115. The van der Waals surface area contributed by atoms with Gasteiger partial charge in [0.15, 0.2) is 5.96 Å². The molecule has 1 aliphatic rings. The summed E-state index contributed by atoms with van der Waals surface area (Å²) in [6, 6.07) is 12.0. The van der Waals surface area contributed by atoms with E-state index in [-0.39, 0.29) is 17.8 Å². The van der Waals surface area contributed by atoms with Crippen LogP contribution >= 0.6 is 0 Å². The highest BCUT2D eigenvalue weighted by atomic mass is 16.5. The first-order valence-electron chi connectivity index (χ1n) is 8.75. The second-order valence-corrected chi connectivity index (χ2v) is 6.50. The van der Waals surface area contributed by atoms with Gasteiger partial charge in [-0.2, -0.15) is 5.10 Å². The zero-order valence-corrected chi connectivity index (χ0v) is 15.4. The van der Waals surface area contributed by atoms with Crippen LogP contribution in [0.15, 0.2) is 47.6 Å². The summed E-state index contributed by atoms with van der Waals surface area (Å²) in [4.78, 5) is 18.3. The highest BCUT2D eigenvalue weighted by molar-refractivity contribution is 5.82. The number of nitrogens with zero attached hydrogens (tertiary/aromatic N) is 4. The van der Waals surface area contributed by atoms with Gasteiger partial charge in [0.05, 0.1) is 31.0 Å². The lowest BCUT2D eigenvalue weighted by Gasteiger charge is -2.21. The van der Waals surface area contributed by atoms with Crippen LogP contribution in [0.3, 0.4) is 0 Å². The van der Waals surface area contributed by atoms with Crippen LogP contribution in [-0.4, -0.2) is 53.9 Å². The molecule has 1 N–H and O–H groups in total. The van der Waals surface area contributed by atoms with Crippen LogP contribution in [-0.2, 0) is 16.1 Å². The van der Waals surface area contributed by atoms with E-state index in [1.165, 1.54) is 7.11 Å². The molecule has 3 rings (SSSR count). The van der Waals surface area contributed by atoms with Crippen LogP contribution in [0.5, 0.6) is 0 Å². The maximum absolute atomic E-state index is 11.9. The fourth-order valence-corrected chi connectivity index (χ4v) is 3.28. The van der Waals surface area contributed by atoms with Crippen molar-refractivity contribution in [1.82, 2.24) is 20.0 Å². The van der Waals surface area contributed by atoms with Crippen LogP contribution in [0.2, 0.25) is 0 Å². The smallest absolute Gasteiger partial charge is 0.310 e. The van der Waals surface area contributed by atoms with Crippen LogP contribution in [0.1, 0.15) is 12.6 Å². The number of hydrogen-bond donors (Lipinski definition) is 1. The van der Waals surface area contributed by atoms with Crippen molar-refractivity contribution in [3.63, 3.8) is 0 Å². The van der Waals surface area contributed by atoms with Crippen LogP contribution in [0.25, 0.3) is 5.69 Å². The first kappa shape index (κ1) is 18.0. The number of carbonyl (C=O) groups excluding carboxylic acids is 1. The number of methoxy groups -OCH3 is 1. The number of carbonyl (C=O) groups is 1. The van der Waals surface area contributed by atoms with Gasteiger partial charge in [0.1, 0.15) is 0 Å². The van der Waals surface area contributed by atoms with Gasteiger partial charge in [-0.3, -0.25) is 9.79 Å². The molecule has 1 aromatic carbocycles. The summed E-state index contributed by atoms with van der Waals surface area (Å²) in [7, 11) is 3.19. The normalized spacial score (nSPS) is 20.3. The number of guanidine groups is 1. The van der Waals surface area contributed by atoms with E-state index in [0.29, 0.717) is 13.1 Å². The standard InChI is InChI=1S/C19H25N5O2/c1-14-12-23(13-17(14)18(25)26-3)19(20-2)21-11-15-9-10-24(22-15)16-7-5-4-6-8-16/h4-10,14,17H,11-13H2,1-3H3,(H,20,21). The van der Waals surface area contributed by atoms with E-state index in [4.69, 9.17) is 4.74 Å². The minimum atomic E-state index is -0.156. The van der Waals surface area contributed by atoms with Crippen molar-refractivity contribution < 1.29 is 9.53 Å². The predicted octanol–water partition coefficient (Wildman–Crippen LogP) is 1.69. The first-order valence-corrected chi connectivity index (χ1v) is 8.75. The largest absolute Gasteiger partial charge is 0.469 e. The summed E-state index contributed by atoms with van der Waals surface area (Å²) in [6.07, 6.45) is 1.94. The van der Waals surface area contributed by atoms with Crippen LogP contribution < -0.4 is 5.32 Å². The number of aromatic nitrogens is 2. The second kappa shape index (κ2) is 8.03. The van der Waals surface area contributed by atoms with Gasteiger partial charge in [0, 0.05) is 26.3 Å². The van der Waals surface area contributed by atoms with Gasteiger partial charge in [-0.05, 0) is 24.1 Å². The fourth-order valence-electron chi connectivity index (χ4n) is 3.28. The summed E-state index contributed by atoms with van der Waals surface area (Å²) in [5, 5.41) is 7.93. The lowest BCUT2D eigenvalue weighted by Crippen LogP contribution is -2.40. The number of esters is 1. The summed E-state index contributed by atoms with van der Waals surface area (Å²) >= 11 is 0. The van der Waals surface area contributed by atoms with Gasteiger partial charge < -0.3 is 15.0 Å². The van der Waals surface area contributed by atoms with Gasteiger partial charge >= 0.3 is 5.97 Å². The molecule has 0 amide bonds. The Bertz CT molecular complexity index is 771. The zero-order chi connectivity index (χ0) is 18.5. The lowest BCUT2D eigenvalue weighted by atomic mass is 9.99. The van der Waals surface area contributed by atoms with Crippen molar-refractivity contribution >= 4 is 11.9 Å². The van der Waals surface area contributed by atoms with Crippen molar-refractivity contribution in [2.45, 2.75) is 13.5 Å². The number of benzene rings is 1. The third kappa shape index (κ3) is 3.87. The number of likely N-dealkylation sites (tertiary alicyclic amines) is 1. The Labute approximate surface area is 153 Å². The molecule has 2 heterocycles. The predicted molar refractivity (Wildman–Crippen MR) is 100 cm³/mol. The molecule has 0 spiro atoms. The highest BCUT2D eigenvalue weighted by Crippen LogP contribution is 2.24. The fraction of sp³-hybridized carbons (Fsp3) is 0.421. The monoisotopic (exact) mass is 355 g/mol. The molecule has 0 saturated carbocycles. The third-order valence-electron chi connectivity index (χ3n) is 4.72. The van der Waals surface area contributed by atoms with Crippen molar-refractivity contribution in [3.05, 3.63) is 48.3 Å². The summed E-state index contributed by atoms with van der Waals surface area (Å²) in [6.45, 7) is 4.03. The quantitative estimate of drug-likeness (QED) is 0.513. The Morgan fingerprint density at radius 3 is 2.77 bits per heavy atom. The van der Waals surface area contributed by atoms with E-state index < -0.39 is 0 Å².